The van der Waals surface area contributed by atoms with E-state index < -0.39 is 27.9 Å². The van der Waals surface area contributed by atoms with Crippen molar-refractivity contribution < 1.29 is 19.2 Å². The van der Waals surface area contributed by atoms with Crippen molar-refractivity contribution in [3.05, 3.63) is 39.7 Å². The first-order valence-corrected chi connectivity index (χ1v) is 5.26. The molecule has 1 aromatic rings. The van der Waals surface area contributed by atoms with E-state index in [1.54, 1.807) is 6.92 Å². The van der Waals surface area contributed by atoms with E-state index >= 15 is 0 Å². The lowest BCUT2D eigenvalue weighted by Crippen LogP contribution is -2.61. The second kappa shape index (κ2) is 4.02. The average Bonchev–Trinajstić information content (AvgIpc) is 2.25. The van der Waals surface area contributed by atoms with Crippen molar-refractivity contribution in [1.82, 2.24) is 4.90 Å². The highest BCUT2D eigenvalue weighted by Crippen LogP contribution is 2.24. The van der Waals surface area contributed by atoms with Crippen LogP contribution in [-0.4, -0.2) is 39.5 Å². The van der Waals surface area contributed by atoms with Gasteiger partial charge in [0, 0.05) is 11.6 Å². The van der Waals surface area contributed by atoms with Crippen LogP contribution in [0.25, 0.3) is 0 Å². The van der Waals surface area contributed by atoms with E-state index in [9.17, 15) is 24.4 Å². The van der Waals surface area contributed by atoms with Crippen LogP contribution in [0.5, 0.6) is 0 Å². The summed E-state index contributed by atoms with van der Waals surface area (Å²) >= 11 is 0. The van der Waals surface area contributed by atoms with Gasteiger partial charge in [-0.05, 0) is 19.1 Å². The first-order valence-electron chi connectivity index (χ1n) is 5.26. The summed E-state index contributed by atoms with van der Waals surface area (Å²) < 4.78 is 13.1. The van der Waals surface area contributed by atoms with E-state index in [0.717, 1.165) is 12.1 Å². The highest BCUT2D eigenvalue weighted by molar-refractivity contribution is 5.95. The number of nitrogens with zero attached hydrogens (tertiary/aromatic N) is 2. The fourth-order valence-corrected chi connectivity index (χ4v) is 1.89. The molecule has 18 heavy (non-hydrogen) atoms. The van der Waals surface area contributed by atoms with E-state index in [2.05, 4.69) is 0 Å². The molecule has 0 unspecified atom stereocenters. The minimum Gasteiger partial charge on any atom is -0.386 e. The molecule has 1 fully saturated rings. The number of halogens is 1. The number of hydrogen-bond acceptors (Lipinski definition) is 4. The topological polar surface area (TPSA) is 83.7 Å². The summed E-state index contributed by atoms with van der Waals surface area (Å²) in [6, 6.07) is 2.99. The number of nitro groups is 1. The zero-order valence-electron chi connectivity index (χ0n) is 9.59. The van der Waals surface area contributed by atoms with E-state index in [0.29, 0.717) is 0 Å². The Morgan fingerprint density at radius 2 is 2.17 bits per heavy atom. The maximum Gasteiger partial charge on any atom is 0.305 e. The summed E-state index contributed by atoms with van der Waals surface area (Å²) in [4.78, 5) is 22.9. The molecule has 0 atom stereocenters. The predicted octanol–water partition coefficient (Wildman–Crippen LogP) is 0.941. The number of β-amino-alcohol motifs (C(OH)–C–C–N with tert-alkyl or cyclic N) is 1. The summed E-state index contributed by atoms with van der Waals surface area (Å²) in [6.07, 6.45) is 0. The van der Waals surface area contributed by atoms with Gasteiger partial charge >= 0.3 is 5.69 Å². The Labute approximate surface area is 102 Å². The molecule has 0 aromatic heterocycles. The molecule has 1 aliphatic heterocycles. The van der Waals surface area contributed by atoms with E-state index in [1.807, 2.05) is 0 Å². The third kappa shape index (κ3) is 2.17. The molecule has 6 nitrogen and oxygen atoms in total. The Morgan fingerprint density at radius 3 is 2.67 bits per heavy atom. The Balaban J connectivity index is 2.22. The number of rotatable bonds is 2. The molecule has 0 bridgehead atoms. The summed E-state index contributed by atoms with van der Waals surface area (Å²) in [6.45, 7) is 1.91. The number of hydrogen-bond donors (Lipinski definition) is 1. The Hall–Kier alpha value is -2.02. The van der Waals surface area contributed by atoms with Gasteiger partial charge in [0.05, 0.1) is 23.6 Å². The van der Waals surface area contributed by atoms with Gasteiger partial charge in [-0.15, -0.1) is 0 Å². The van der Waals surface area contributed by atoms with Crippen molar-refractivity contribution in [1.29, 1.82) is 0 Å². The van der Waals surface area contributed by atoms with Crippen LogP contribution in [0.4, 0.5) is 10.1 Å². The van der Waals surface area contributed by atoms with E-state index in [-0.39, 0.29) is 18.7 Å². The second-order valence-electron chi connectivity index (χ2n) is 4.58. The first-order chi connectivity index (χ1) is 8.30. The molecule has 7 heteroatoms. The van der Waals surface area contributed by atoms with Gasteiger partial charge in [0.1, 0.15) is 0 Å². The van der Waals surface area contributed by atoms with Gasteiger partial charge in [0.15, 0.2) is 0 Å². The van der Waals surface area contributed by atoms with Crippen LogP contribution >= 0.6 is 0 Å². The zero-order chi connectivity index (χ0) is 13.5. The molecule has 0 spiro atoms. The van der Waals surface area contributed by atoms with Crippen LogP contribution < -0.4 is 0 Å². The van der Waals surface area contributed by atoms with Crippen molar-refractivity contribution >= 4 is 11.6 Å². The predicted molar refractivity (Wildman–Crippen MR) is 59.6 cm³/mol. The smallest absolute Gasteiger partial charge is 0.305 e. The lowest BCUT2D eigenvalue weighted by atomic mass is 9.96. The van der Waals surface area contributed by atoms with Gasteiger partial charge in [-0.2, -0.15) is 4.39 Å². The van der Waals surface area contributed by atoms with Gasteiger partial charge in [-0.3, -0.25) is 14.9 Å². The minimum absolute atomic E-state index is 0.0404. The van der Waals surface area contributed by atoms with Crippen molar-refractivity contribution in [2.75, 3.05) is 13.1 Å². The van der Waals surface area contributed by atoms with Crippen LogP contribution in [0, 0.1) is 15.9 Å². The molecule has 96 valence electrons. The molecule has 1 amide bonds. The fraction of sp³-hybridized carbons (Fsp3) is 0.364. The third-order valence-electron chi connectivity index (χ3n) is 2.74. The van der Waals surface area contributed by atoms with Gasteiger partial charge in [-0.1, -0.05) is 0 Å². The maximum absolute atomic E-state index is 13.1. The van der Waals surface area contributed by atoms with Crippen LogP contribution in [0.1, 0.15) is 17.3 Å². The van der Waals surface area contributed by atoms with Crippen molar-refractivity contribution in [3.63, 3.8) is 0 Å². The number of carbonyl (C=O) groups excluding carboxylic acids is 1. The van der Waals surface area contributed by atoms with Crippen molar-refractivity contribution in [3.8, 4) is 0 Å². The molecule has 0 radical (unpaired) electrons. The van der Waals surface area contributed by atoms with Crippen LogP contribution in [0.2, 0.25) is 0 Å². The third-order valence-corrected chi connectivity index (χ3v) is 2.74. The molecule has 1 saturated heterocycles. The van der Waals surface area contributed by atoms with Gasteiger partial charge < -0.3 is 10.0 Å². The van der Waals surface area contributed by atoms with Gasteiger partial charge in [-0.25, -0.2) is 0 Å². The molecule has 1 N–H and O–H groups in total. The van der Waals surface area contributed by atoms with Gasteiger partial charge in [0.25, 0.3) is 5.91 Å². The molecule has 1 aliphatic rings. The monoisotopic (exact) mass is 254 g/mol. The number of amides is 1. The van der Waals surface area contributed by atoms with Crippen LogP contribution in [0.15, 0.2) is 18.2 Å². The Kier molecular flexibility index (Phi) is 2.78. The summed E-state index contributed by atoms with van der Waals surface area (Å²) in [5.41, 5.74) is -1.60. The highest BCUT2D eigenvalue weighted by atomic mass is 19.1. The van der Waals surface area contributed by atoms with Crippen molar-refractivity contribution in [2.45, 2.75) is 12.5 Å². The fourth-order valence-electron chi connectivity index (χ4n) is 1.89. The number of likely N-dealkylation sites (tertiary alicyclic amines) is 1. The molecule has 0 aliphatic carbocycles. The summed E-state index contributed by atoms with van der Waals surface area (Å²) in [5.74, 6) is -1.43. The van der Waals surface area contributed by atoms with Crippen LogP contribution in [-0.2, 0) is 0 Å². The minimum atomic E-state index is -0.979. The molecule has 1 heterocycles. The molecular weight excluding hydrogens is 243 g/mol. The number of benzene rings is 1. The lowest BCUT2D eigenvalue weighted by molar-refractivity contribution is -0.387. The molecule has 2 rings (SSSR count). The van der Waals surface area contributed by atoms with Gasteiger partial charge in [0.2, 0.25) is 5.82 Å². The molecule has 1 aromatic carbocycles. The first kappa shape index (κ1) is 12.4. The largest absolute Gasteiger partial charge is 0.386 e. The Bertz CT molecular complexity index is 522. The second-order valence-corrected chi connectivity index (χ2v) is 4.58. The lowest BCUT2D eigenvalue weighted by Gasteiger charge is -2.44. The average molecular weight is 254 g/mol. The number of carbonyl (C=O) groups is 1. The molecular formula is C11H11FN2O4. The quantitative estimate of drug-likeness (QED) is 0.628. The van der Waals surface area contributed by atoms with E-state index in [4.69, 9.17) is 0 Å². The van der Waals surface area contributed by atoms with Crippen LogP contribution in [0.3, 0.4) is 0 Å². The zero-order valence-corrected chi connectivity index (χ0v) is 9.59. The standard InChI is InChI=1S/C11H11FN2O4/c1-11(16)5-13(6-11)10(15)7-2-3-8(12)9(4-7)14(17)18/h2-4,16H,5-6H2,1H3. The SMILES string of the molecule is CC1(O)CN(C(=O)c2ccc(F)c([N+](=O)[O-])c2)C1. The molecule has 0 saturated carbocycles. The Morgan fingerprint density at radius 1 is 1.56 bits per heavy atom. The number of aliphatic hydroxyl groups is 1. The summed E-state index contributed by atoms with van der Waals surface area (Å²) in [7, 11) is 0. The normalized spacial score (nSPS) is 17.2. The van der Waals surface area contributed by atoms with Crippen molar-refractivity contribution in [2.24, 2.45) is 0 Å². The maximum atomic E-state index is 13.1. The number of nitro benzene ring substituents is 1. The van der Waals surface area contributed by atoms with E-state index in [1.165, 1.54) is 11.0 Å². The highest BCUT2D eigenvalue weighted by Gasteiger charge is 2.39. The summed E-state index contributed by atoms with van der Waals surface area (Å²) in [5, 5.41) is 20.1.